The first-order chi connectivity index (χ1) is 11.4. The van der Waals surface area contributed by atoms with Crippen molar-refractivity contribution in [3.05, 3.63) is 81.8 Å². The minimum Gasteiger partial charge on any atom is -0.258 e. The van der Waals surface area contributed by atoms with E-state index in [1.165, 1.54) is 27.8 Å². The van der Waals surface area contributed by atoms with Crippen LogP contribution < -0.4 is 0 Å². The molecule has 2 nitrogen and oxygen atoms in total. The lowest BCUT2D eigenvalue weighted by Crippen LogP contribution is -1.98. The summed E-state index contributed by atoms with van der Waals surface area (Å²) < 4.78 is 0. The number of nitrogens with zero attached hydrogens (tertiary/aromatic N) is 2. The van der Waals surface area contributed by atoms with Crippen molar-refractivity contribution in [3.63, 3.8) is 0 Å². The second-order valence-electron chi connectivity index (χ2n) is 6.77. The van der Waals surface area contributed by atoms with Crippen LogP contribution in [0.5, 0.6) is 0 Å². The van der Waals surface area contributed by atoms with E-state index in [1.54, 1.807) is 0 Å². The van der Waals surface area contributed by atoms with Crippen LogP contribution in [-0.4, -0.2) is 9.97 Å². The summed E-state index contributed by atoms with van der Waals surface area (Å²) in [6.45, 7) is 10.5. The van der Waals surface area contributed by atoms with E-state index in [2.05, 4.69) is 56.1 Å². The van der Waals surface area contributed by atoms with Gasteiger partial charge in [0.1, 0.15) is 0 Å². The van der Waals surface area contributed by atoms with Crippen LogP contribution in [0.15, 0.2) is 42.6 Å². The molecule has 0 aliphatic carbocycles. The molecule has 0 atom stereocenters. The Hall–Kier alpha value is -2.48. The van der Waals surface area contributed by atoms with Crippen LogP contribution >= 0.6 is 0 Å². The van der Waals surface area contributed by atoms with Crippen molar-refractivity contribution < 1.29 is 0 Å². The predicted octanol–water partition coefficient (Wildman–Crippen LogP) is 5.28. The summed E-state index contributed by atoms with van der Waals surface area (Å²) in [5.74, 6) is 0. The highest BCUT2D eigenvalue weighted by atomic mass is 14.7. The smallest absolute Gasteiger partial charge is 0.0749 e. The molecule has 3 aromatic rings. The number of rotatable bonds is 3. The Kier molecular flexibility index (Phi) is 4.48. The number of hydrogen-bond donors (Lipinski definition) is 0. The van der Waals surface area contributed by atoms with Crippen LogP contribution in [-0.2, 0) is 6.42 Å². The maximum atomic E-state index is 4.74. The average Bonchev–Trinajstić information content (AvgIpc) is 2.47. The predicted molar refractivity (Wildman–Crippen MR) is 100 cm³/mol. The Morgan fingerprint density at radius 3 is 2.12 bits per heavy atom. The average molecular weight is 316 g/mol. The number of aromatic nitrogens is 2. The lowest BCUT2D eigenvalue weighted by Gasteiger charge is -2.11. The van der Waals surface area contributed by atoms with Crippen molar-refractivity contribution in [1.29, 1.82) is 0 Å². The normalized spacial score (nSPS) is 10.9. The van der Waals surface area contributed by atoms with Gasteiger partial charge in [-0.05, 0) is 69.9 Å². The molecule has 122 valence electrons. The Morgan fingerprint density at radius 2 is 1.50 bits per heavy atom. The van der Waals surface area contributed by atoms with E-state index in [4.69, 9.17) is 4.98 Å². The zero-order valence-electron chi connectivity index (χ0n) is 15.1. The lowest BCUT2D eigenvalue weighted by molar-refractivity contribution is 1.09. The van der Waals surface area contributed by atoms with Gasteiger partial charge in [-0.3, -0.25) is 9.97 Å². The highest BCUT2D eigenvalue weighted by molar-refractivity contribution is 5.65. The molecule has 2 heterocycles. The summed E-state index contributed by atoms with van der Waals surface area (Å²) in [7, 11) is 0. The van der Waals surface area contributed by atoms with Gasteiger partial charge in [0.25, 0.3) is 0 Å². The van der Waals surface area contributed by atoms with Gasteiger partial charge in [-0.2, -0.15) is 0 Å². The molecule has 0 saturated carbocycles. The van der Waals surface area contributed by atoms with E-state index >= 15 is 0 Å². The summed E-state index contributed by atoms with van der Waals surface area (Å²) in [6, 6.07) is 13.1. The van der Waals surface area contributed by atoms with Crippen molar-refractivity contribution in [2.75, 3.05) is 0 Å². The summed E-state index contributed by atoms with van der Waals surface area (Å²) >= 11 is 0. The maximum absolute atomic E-state index is 4.74. The Labute approximate surface area is 144 Å². The topological polar surface area (TPSA) is 25.8 Å². The molecule has 0 N–H and O–H groups in total. The standard InChI is InChI=1S/C22H24N2/c1-14-8-15(2)10-19(9-14)12-20-11-16(3)22(23-13-20)21-7-6-17(4)24-18(21)5/h6-11,13H,12H2,1-5H3. The third-order valence-electron chi connectivity index (χ3n) is 4.30. The first-order valence-corrected chi connectivity index (χ1v) is 8.39. The minimum absolute atomic E-state index is 0.918. The van der Waals surface area contributed by atoms with E-state index in [0.29, 0.717) is 0 Å². The molecule has 0 unspecified atom stereocenters. The molecule has 0 bridgehead atoms. The fourth-order valence-corrected chi connectivity index (χ4v) is 3.36. The van der Waals surface area contributed by atoms with E-state index in [1.807, 2.05) is 26.1 Å². The SMILES string of the molecule is Cc1cc(C)cc(Cc2cnc(-c3ccc(C)nc3C)c(C)c2)c1. The molecule has 24 heavy (non-hydrogen) atoms. The molecule has 1 aromatic carbocycles. The molecule has 0 radical (unpaired) electrons. The van der Waals surface area contributed by atoms with Crippen molar-refractivity contribution in [1.82, 2.24) is 9.97 Å². The third kappa shape index (κ3) is 3.53. The van der Waals surface area contributed by atoms with Crippen LogP contribution in [0.1, 0.15) is 39.2 Å². The van der Waals surface area contributed by atoms with Crippen LogP contribution in [0.2, 0.25) is 0 Å². The van der Waals surface area contributed by atoms with Gasteiger partial charge in [0.2, 0.25) is 0 Å². The van der Waals surface area contributed by atoms with Crippen molar-refractivity contribution in [2.24, 2.45) is 0 Å². The molecule has 0 fully saturated rings. The van der Waals surface area contributed by atoms with Crippen LogP contribution in [0.25, 0.3) is 11.3 Å². The molecule has 3 rings (SSSR count). The first-order valence-electron chi connectivity index (χ1n) is 8.39. The van der Waals surface area contributed by atoms with Gasteiger partial charge in [-0.25, -0.2) is 0 Å². The zero-order valence-corrected chi connectivity index (χ0v) is 15.1. The second kappa shape index (κ2) is 6.56. The maximum Gasteiger partial charge on any atom is 0.0749 e. The summed E-state index contributed by atoms with van der Waals surface area (Å²) in [5.41, 5.74) is 10.6. The summed E-state index contributed by atoms with van der Waals surface area (Å²) in [5, 5.41) is 0. The van der Waals surface area contributed by atoms with Crippen LogP contribution in [0.4, 0.5) is 0 Å². The Balaban J connectivity index is 1.92. The number of hydrogen-bond acceptors (Lipinski definition) is 2. The highest BCUT2D eigenvalue weighted by Gasteiger charge is 2.09. The van der Waals surface area contributed by atoms with E-state index in [-0.39, 0.29) is 0 Å². The monoisotopic (exact) mass is 316 g/mol. The van der Waals surface area contributed by atoms with Gasteiger partial charge in [0.15, 0.2) is 0 Å². The molecule has 0 saturated heterocycles. The van der Waals surface area contributed by atoms with Gasteiger partial charge in [0, 0.05) is 23.1 Å². The molecule has 0 aliphatic rings. The van der Waals surface area contributed by atoms with Gasteiger partial charge >= 0.3 is 0 Å². The van der Waals surface area contributed by atoms with E-state index < -0.39 is 0 Å². The fourth-order valence-electron chi connectivity index (χ4n) is 3.36. The van der Waals surface area contributed by atoms with Gasteiger partial charge < -0.3 is 0 Å². The zero-order chi connectivity index (χ0) is 17.3. The highest BCUT2D eigenvalue weighted by Crippen LogP contribution is 2.25. The lowest BCUT2D eigenvalue weighted by atomic mass is 9.99. The molecule has 0 aliphatic heterocycles. The molecule has 2 heteroatoms. The van der Waals surface area contributed by atoms with Crippen LogP contribution in [0.3, 0.4) is 0 Å². The quantitative estimate of drug-likeness (QED) is 0.657. The van der Waals surface area contributed by atoms with Crippen molar-refractivity contribution in [2.45, 2.75) is 41.0 Å². The minimum atomic E-state index is 0.918. The Bertz CT molecular complexity index is 874. The van der Waals surface area contributed by atoms with Gasteiger partial charge in [-0.15, -0.1) is 0 Å². The molecular formula is C22H24N2. The van der Waals surface area contributed by atoms with E-state index in [0.717, 1.165) is 29.1 Å². The van der Waals surface area contributed by atoms with E-state index in [9.17, 15) is 0 Å². The van der Waals surface area contributed by atoms with Crippen LogP contribution in [0, 0.1) is 34.6 Å². The second-order valence-corrected chi connectivity index (χ2v) is 6.77. The third-order valence-corrected chi connectivity index (χ3v) is 4.30. The fraction of sp³-hybridized carbons (Fsp3) is 0.273. The number of aryl methyl sites for hydroxylation is 5. The molecule has 0 spiro atoms. The number of benzene rings is 1. The first kappa shape index (κ1) is 16.4. The van der Waals surface area contributed by atoms with Gasteiger partial charge in [-0.1, -0.05) is 35.4 Å². The van der Waals surface area contributed by atoms with Crippen molar-refractivity contribution >= 4 is 0 Å². The molecule has 2 aromatic heterocycles. The number of pyridine rings is 2. The summed E-state index contributed by atoms with van der Waals surface area (Å²) in [6.07, 6.45) is 2.92. The van der Waals surface area contributed by atoms with Gasteiger partial charge in [0.05, 0.1) is 5.69 Å². The largest absolute Gasteiger partial charge is 0.258 e. The summed E-state index contributed by atoms with van der Waals surface area (Å²) in [4.78, 5) is 9.30. The molecule has 0 amide bonds. The Morgan fingerprint density at radius 1 is 0.792 bits per heavy atom. The molecular weight excluding hydrogens is 292 g/mol. The van der Waals surface area contributed by atoms with Crippen molar-refractivity contribution in [3.8, 4) is 11.3 Å².